The van der Waals surface area contributed by atoms with Crippen LogP contribution in [0.1, 0.15) is 18.9 Å². The minimum absolute atomic E-state index is 0.752. The Hall–Kier alpha value is -1.08. The summed E-state index contributed by atoms with van der Waals surface area (Å²) in [6.07, 6.45) is 7.12. The first-order valence-corrected chi connectivity index (χ1v) is 35.8. The van der Waals surface area contributed by atoms with Gasteiger partial charge >= 0.3 is 0 Å². The van der Waals surface area contributed by atoms with Gasteiger partial charge in [-0.25, -0.2) is 4.99 Å². The smallest absolute Gasteiger partial charge is 0.0965 e. The van der Waals surface area contributed by atoms with Crippen LogP contribution < -0.4 is 15.9 Å². The number of aliphatic imine (C=N–C) groups is 1. The van der Waals surface area contributed by atoms with E-state index >= 15 is 0 Å². The highest BCUT2D eigenvalue weighted by molar-refractivity contribution is 9.48. The van der Waals surface area contributed by atoms with Crippen molar-refractivity contribution < 1.29 is 4.74 Å². The molecule has 1 unspecified atom stereocenters. The molecular weight excluding hydrogens is 1040 g/mol. The van der Waals surface area contributed by atoms with E-state index < -0.39 is 14.3 Å². The molecule has 0 aromatic heterocycles. The van der Waals surface area contributed by atoms with Crippen LogP contribution in [0, 0.1) is 0 Å². The Morgan fingerprint density at radius 2 is 1.22 bits per heavy atom. The van der Waals surface area contributed by atoms with E-state index in [2.05, 4.69) is 82.8 Å². The summed E-state index contributed by atoms with van der Waals surface area (Å²) in [5.41, 5.74) is 2.04. The fourth-order valence-corrected chi connectivity index (χ4v) is 52.6. The second-order valence-electron chi connectivity index (χ2n) is 12.9. The van der Waals surface area contributed by atoms with E-state index in [1.54, 1.807) is 23.5 Å². The molecule has 0 spiro atoms. The van der Waals surface area contributed by atoms with Crippen molar-refractivity contribution in [3.05, 3.63) is 187 Å². The average Bonchev–Trinajstić information content (AvgIpc) is 4.02. The zero-order valence-electron chi connectivity index (χ0n) is 34.3. The van der Waals surface area contributed by atoms with Crippen molar-refractivity contribution >= 4 is 185 Å². The monoisotopic (exact) mass is 1090 g/mol. The van der Waals surface area contributed by atoms with Gasteiger partial charge in [-0.3, -0.25) is 4.67 Å². The van der Waals surface area contributed by atoms with Gasteiger partial charge < -0.3 is 17.0 Å². The number of allylic oxidation sites excluding steroid dienone is 1. The summed E-state index contributed by atoms with van der Waals surface area (Å²) >= 11 is 44.7. The Morgan fingerprint density at radius 3 is 1.57 bits per heavy atom. The molecule has 0 saturated carbocycles. The molecule has 5 aromatic rings. The Labute approximate surface area is 427 Å². The van der Waals surface area contributed by atoms with E-state index in [1.165, 1.54) is 10.6 Å². The first-order valence-electron chi connectivity index (χ1n) is 19.3. The molecule has 328 valence electrons. The summed E-state index contributed by atoms with van der Waals surface area (Å²) in [5, 5.41) is 3.80. The zero-order chi connectivity index (χ0) is 45.4. The standard InChI is InChI=1S/C12H10P2S4.C10H14NOPS2.C8H7N.C8H8S.2C4H4S2/c15-13(11-7-3-1-4-8-11)17-14(16,18-13)12-9-5-2-6-10-12;14-13(15,10-4-2-1-3-5-10)11-6-8-12-9-7-11;1-2-9-8-6-4-3-5-7-8;1-7(9)8-5-3-2-4-6-8;2*5-4-2-1-3-6-4/h1-10H;1-5H,6-9H2,(H,14,15);3-7H,1H2;2-6H,1H3;1,3H,2H2;1-2H,3H2/p-1. The Balaban J connectivity index is 0.000000174. The molecule has 4 heterocycles. The molecule has 0 N–H and O–H groups in total. The number of thiocarbonyl (C=S) groups is 3. The summed E-state index contributed by atoms with van der Waals surface area (Å²) < 4.78 is 6.62. The van der Waals surface area contributed by atoms with E-state index in [-0.39, 0.29) is 0 Å². The third-order valence-electron chi connectivity index (χ3n) is 8.32. The van der Waals surface area contributed by atoms with Crippen molar-refractivity contribution in [2.24, 2.45) is 4.99 Å². The maximum absolute atomic E-state index is 5.85. The predicted molar refractivity (Wildman–Crippen MR) is 317 cm³/mol. The molecule has 63 heavy (non-hydrogen) atoms. The van der Waals surface area contributed by atoms with Crippen molar-refractivity contribution in [3.8, 4) is 0 Å². The zero-order valence-corrected chi connectivity index (χ0v) is 46.0. The molecule has 17 heteroatoms. The van der Waals surface area contributed by atoms with E-state index in [0.29, 0.717) is 0 Å². The number of para-hydroxylation sites is 1. The van der Waals surface area contributed by atoms with Gasteiger partial charge in [0.25, 0.3) is 0 Å². The number of morpholine rings is 1. The highest BCUT2D eigenvalue weighted by Crippen LogP contribution is 3.04. The van der Waals surface area contributed by atoms with Crippen LogP contribution in [0.5, 0.6) is 0 Å². The lowest BCUT2D eigenvalue weighted by Crippen LogP contribution is -2.35. The number of nitrogens with zero attached hydrogens (tertiary/aromatic N) is 2. The number of benzene rings is 5. The van der Waals surface area contributed by atoms with Crippen molar-refractivity contribution in [2.45, 2.75) is 13.3 Å². The number of rotatable bonds is 6. The quantitative estimate of drug-likeness (QED) is 0.0531. The fraction of sp³-hybridized carbons (Fsp3) is 0.152. The highest BCUT2D eigenvalue weighted by atomic mass is 33.7. The SMILES string of the molecule is C=C=Nc1ccccc1.CC(=S)c1ccccc1.S=C1C=CCS1.S=C1CC=CS1.S=P([S-])(c1ccccc1)N1CCOCC1.S=P1(c2ccccc2)SP(=S)(c2ccccc2)S1. The maximum Gasteiger partial charge on any atom is 0.0965 e. The van der Waals surface area contributed by atoms with Gasteiger partial charge in [0.15, 0.2) is 0 Å². The molecule has 2 fully saturated rings. The topological polar surface area (TPSA) is 24.8 Å². The minimum atomic E-state index is -1.95. The van der Waals surface area contributed by atoms with Crippen molar-refractivity contribution in [1.82, 2.24) is 4.67 Å². The molecule has 3 nitrogen and oxygen atoms in total. The van der Waals surface area contributed by atoms with Gasteiger partial charge in [-0.2, -0.15) is 0 Å². The van der Waals surface area contributed by atoms with Crippen molar-refractivity contribution in [2.75, 3.05) is 32.1 Å². The molecule has 1 atom stereocenters. The molecular formula is C46H46N2OP3S11-. The van der Waals surface area contributed by atoms with E-state index in [4.69, 9.17) is 89.1 Å². The third kappa shape index (κ3) is 19.6. The molecule has 4 aliphatic heterocycles. The van der Waals surface area contributed by atoms with Crippen LogP contribution in [0.2, 0.25) is 0 Å². The number of thioether (sulfide) groups is 2. The molecule has 0 aliphatic carbocycles. The summed E-state index contributed by atoms with van der Waals surface area (Å²) in [6.45, 7) is 8.54. The molecule has 2 saturated heterocycles. The van der Waals surface area contributed by atoms with Crippen molar-refractivity contribution in [1.29, 1.82) is 0 Å². The molecule has 9 rings (SSSR count). The summed E-state index contributed by atoms with van der Waals surface area (Å²) in [5.74, 6) is 3.54. The van der Waals surface area contributed by atoms with Gasteiger partial charge in [0.05, 0.1) is 36.2 Å². The first kappa shape index (κ1) is 54.5. The maximum atomic E-state index is 5.85. The lowest BCUT2D eigenvalue weighted by molar-refractivity contribution is 0.0758. The fourth-order valence-electron chi connectivity index (χ4n) is 5.20. The summed E-state index contributed by atoms with van der Waals surface area (Å²) in [4.78, 5) is 4.80. The Kier molecular flexibility index (Phi) is 25.6. The number of hydrogen-bond donors (Lipinski definition) is 0. The van der Waals surface area contributed by atoms with Gasteiger partial charge in [-0.05, 0) is 53.9 Å². The van der Waals surface area contributed by atoms with Crippen LogP contribution in [0.15, 0.2) is 187 Å². The van der Waals surface area contributed by atoms with E-state index in [1.807, 2.05) is 144 Å². The molecule has 4 aliphatic rings. The van der Waals surface area contributed by atoms with Gasteiger partial charge in [-0.15, -0.1) is 23.6 Å². The Morgan fingerprint density at radius 1 is 0.746 bits per heavy atom. The lowest BCUT2D eigenvalue weighted by Gasteiger charge is -2.43. The van der Waals surface area contributed by atoms with E-state index in [9.17, 15) is 0 Å². The second-order valence-corrected chi connectivity index (χ2v) is 44.3. The largest absolute Gasteiger partial charge is 0.727 e. The molecule has 0 bridgehead atoms. The second kappa shape index (κ2) is 29.6. The minimum Gasteiger partial charge on any atom is -0.727 e. The van der Waals surface area contributed by atoms with Gasteiger partial charge in [0, 0.05) is 40.7 Å². The summed E-state index contributed by atoms with van der Waals surface area (Å²) in [6, 6.07) is 50.6. The van der Waals surface area contributed by atoms with Gasteiger partial charge in [0.1, 0.15) is 0 Å². The third-order valence-corrected chi connectivity index (χ3v) is 47.0. The average molecular weight is 1090 g/mol. The van der Waals surface area contributed by atoms with Crippen LogP contribution in [-0.4, -0.2) is 55.9 Å². The number of ether oxygens (including phenoxy) is 1. The van der Waals surface area contributed by atoms with Gasteiger partial charge in [0.2, 0.25) is 0 Å². The van der Waals surface area contributed by atoms with Gasteiger partial charge in [-0.1, -0.05) is 251 Å². The Bertz CT molecular complexity index is 2350. The van der Waals surface area contributed by atoms with Crippen LogP contribution >= 0.6 is 96.5 Å². The van der Waals surface area contributed by atoms with Crippen molar-refractivity contribution in [3.63, 3.8) is 0 Å². The first-order chi connectivity index (χ1) is 30.4. The van der Waals surface area contributed by atoms with Crippen LogP contribution in [0.25, 0.3) is 0 Å². The normalized spacial score (nSPS) is 20.2. The number of hydrogen-bond acceptors (Lipinski definition) is 13. The molecule has 0 amide bonds. The van der Waals surface area contributed by atoms with Crippen LogP contribution in [0.3, 0.4) is 0 Å². The molecule has 5 aromatic carbocycles. The molecule has 0 radical (unpaired) electrons. The predicted octanol–water partition coefficient (Wildman–Crippen LogP) is 14.4. The van der Waals surface area contributed by atoms with Crippen LogP contribution in [-0.2, 0) is 52.4 Å². The van der Waals surface area contributed by atoms with E-state index in [0.717, 1.165) is 68.3 Å². The summed E-state index contributed by atoms with van der Waals surface area (Å²) in [7, 11) is 0. The van der Waals surface area contributed by atoms with Crippen LogP contribution in [0.4, 0.5) is 5.69 Å². The lowest BCUT2D eigenvalue weighted by atomic mass is 10.2. The highest BCUT2D eigenvalue weighted by Gasteiger charge is 2.45.